The summed E-state index contributed by atoms with van der Waals surface area (Å²) in [6.45, 7) is 2.27. The number of primary amides is 1. The van der Waals surface area contributed by atoms with Gasteiger partial charge in [0.25, 0.3) is 0 Å². The number of rotatable bonds is 5. The van der Waals surface area contributed by atoms with Crippen molar-refractivity contribution in [1.29, 1.82) is 5.26 Å². The Balaban J connectivity index is 2.57. The SMILES string of the molecule is C[C@H](CC#N)[C@H](NC(=O)[C@H]1CCCO1)C(N)=O. The molecule has 1 saturated heterocycles. The van der Waals surface area contributed by atoms with Crippen molar-refractivity contribution in [2.24, 2.45) is 11.7 Å². The van der Waals surface area contributed by atoms with Gasteiger partial charge in [-0.15, -0.1) is 0 Å². The normalized spacial score (nSPS) is 22.5. The lowest BCUT2D eigenvalue weighted by Crippen LogP contribution is -2.51. The number of amides is 2. The van der Waals surface area contributed by atoms with Crippen molar-refractivity contribution < 1.29 is 14.3 Å². The number of ether oxygens (including phenoxy) is 1. The Morgan fingerprint density at radius 2 is 2.35 bits per heavy atom. The highest BCUT2D eigenvalue weighted by Crippen LogP contribution is 2.13. The molecule has 0 aromatic heterocycles. The topological polar surface area (TPSA) is 105 Å². The van der Waals surface area contributed by atoms with Crippen LogP contribution in [0.2, 0.25) is 0 Å². The maximum atomic E-state index is 11.7. The van der Waals surface area contributed by atoms with Crippen molar-refractivity contribution >= 4 is 11.8 Å². The first-order valence-corrected chi connectivity index (χ1v) is 5.64. The lowest BCUT2D eigenvalue weighted by atomic mass is 9.98. The van der Waals surface area contributed by atoms with Gasteiger partial charge in [-0.2, -0.15) is 5.26 Å². The van der Waals surface area contributed by atoms with Crippen LogP contribution in [0.25, 0.3) is 0 Å². The van der Waals surface area contributed by atoms with Crippen LogP contribution in [0.1, 0.15) is 26.2 Å². The van der Waals surface area contributed by atoms with E-state index in [-0.39, 0.29) is 18.2 Å². The van der Waals surface area contributed by atoms with Crippen LogP contribution < -0.4 is 11.1 Å². The van der Waals surface area contributed by atoms with E-state index in [2.05, 4.69) is 5.32 Å². The highest BCUT2D eigenvalue weighted by molar-refractivity contribution is 5.88. The van der Waals surface area contributed by atoms with Gasteiger partial charge in [-0.1, -0.05) is 6.92 Å². The van der Waals surface area contributed by atoms with Gasteiger partial charge < -0.3 is 15.8 Å². The third-order valence-electron chi connectivity index (χ3n) is 2.81. The summed E-state index contributed by atoms with van der Waals surface area (Å²) in [6.07, 6.45) is 1.17. The van der Waals surface area contributed by atoms with Gasteiger partial charge in [-0.3, -0.25) is 9.59 Å². The van der Waals surface area contributed by atoms with Gasteiger partial charge in [0, 0.05) is 13.0 Å². The van der Waals surface area contributed by atoms with E-state index in [1.54, 1.807) is 6.92 Å². The highest BCUT2D eigenvalue weighted by Gasteiger charge is 2.30. The molecule has 0 spiro atoms. The van der Waals surface area contributed by atoms with Crippen LogP contribution in [0.3, 0.4) is 0 Å². The smallest absolute Gasteiger partial charge is 0.249 e. The Morgan fingerprint density at radius 1 is 1.65 bits per heavy atom. The van der Waals surface area contributed by atoms with E-state index in [0.29, 0.717) is 13.0 Å². The average Bonchev–Trinajstić information content (AvgIpc) is 2.78. The molecule has 3 atom stereocenters. The molecule has 2 amide bonds. The molecular weight excluding hydrogens is 222 g/mol. The molecule has 94 valence electrons. The molecule has 1 fully saturated rings. The Kier molecular flexibility index (Phi) is 4.91. The van der Waals surface area contributed by atoms with Gasteiger partial charge in [0.2, 0.25) is 11.8 Å². The summed E-state index contributed by atoms with van der Waals surface area (Å²) < 4.78 is 5.21. The molecule has 1 heterocycles. The van der Waals surface area contributed by atoms with Crippen LogP contribution in [0.15, 0.2) is 0 Å². The fourth-order valence-corrected chi connectivity index (χ4v) is 1.79. The molecule has 17 heavy (non-hydrogen) atoms. The number of nitrogens with zero attached hydrogens (tertiary/aromatic N) is 1. The number of carbonyl (C=O) groups is 2. The molecule has 0 aliphatic carbocycles. The standard InChI is InChI=1S/C11H17N3O3/c1-7(4-5-12)9(10(13)15)14-11(16)8-3-2-6-17-8/h7-9H,2-4,6H2,1H3,(H2,13,15)(H,14,16)/t7-,8-,9+/m1/s1. The summed E-state index contributed by atoms with van der Waals surface area (Å²) >= 11 is 0. The molecule has 0 aromatic carbocycles. The number of hydrogen-bond acceptors (Lipinski definition) is 4. The summed E-state index contributed by atoms with van der Waals surface area (Å²) in [5.74, 6) is -1.25. The molecule has 1 rings (SSSR count). The van der Waals surface area contributed by atoms with Gasteiger partial charge in [-0.25, -0.2) is 0 Å². The van der Waals surface area contributed by atoms with Crippen LogP contribution in [0, 0.1) is 17.2 Å². The van der Waals surface area contributed by atoms with E-state index in [4.69, 9.17) is 15.7 Å². The van der Waals surface area contributed by atoms with Crippen LogP contribution in [0.5, 0.6) is 0 Å². The van der Waals surface area contributed by atoms with Gasteiger partial charge >= 0.3 is 0 Å². The van der Waals surface area contributed by atoms with E-state index in [0.717, 1.165) is 6.42 Å². The van der Waals surface area contributed by atoms with Crippen LogP contribution in [-0.2, 0) is 14.3 Å². The zero-order valence-corrected chi connectivity index (χ0v) is 9.81. The molecule has 1 aliphatic heterocycles. The maximum Gasteiger partial charge on any atom is 0.249 e. The van der Waals surface area contributed by atoms with Gasteiger partial charge in [0.1, 0.15) is 12.1 Å². The second-order valence-corrected chi connectivity index (χ2v) is 4.23. The molecule has 3 N–H and O–H groups in total. The molecule has 0 bridgehead atoms. The molecule has 0 unspecified atom stereocenters. The third-order valence-corrected chi connectivity index (χ3v) is 2.81. The van der Waals surface area contributed by atoms with Gasteiger partial charge in [0.05, 0.1) is 6.07 Å². The Hall–Kier alpha value is -1.61. The number of hydrogen-bond donors (Lipinski definition) is 2. The molecule has 0 saturated carbocycles. The number of nitriles is 1. The maximum absolute atomic E-state index is 11.7. The zero-order chi connectivity index (χ0) is 12.8. The predicted molar refractivity (Wildman–Crippen MR) is 59.5 cm³/mol. The van der Waals surface area contributed by atoms with E-state index in [1.807, 2.05) is 6.07 Å². The summed E-state index contributed by atoms with van der Waals surface area (Å²) in [5.41, 5.74) is 5.21. The molecule has 0 radical (unpaired) electrons. The van der Waals surface area contributed by atoms with Crippen molar-refractivity contribution in [3.63, 3.8) is 0 Å². The minimum absolute atomic E-state index is 0.166. The molecule has 0 aromatic rings. The quantitative estimate of drug-likeness (QED) is 0.686. The Bertz CT molecular complexity index is 331. The van der Waals surface area contributed by atoms with Crippen molar-refractivity contribution in [3.05, 3.63) is 0 Å². The summed E-state index contributed by atoms with van der Waals surface area (Å²) in [5, 5.41) is 11.1. The number of carbonyl (C=O) groups excluding carboxylic acids is 2. The second-order valence-electron chi connectivity index (χ2n) is 4.23. The zero-order valence-electron chi connectivity index (χ0n) is 9.81. The highest BCUT2D eigenvalue weighted by atomic mass is 16.5. The minimum Gasteiger partial charge on any atom is -0.368 e. The van der Waals surface area contributed by atoms with Crippen molar-refractivity contribution in [1.82, 2.24) is 5.32 Å². The second kappa shape index (κ2) is 6.21. The average molecular weight is 239 g/mol. The lowest BCUT2D eigenvalue weighted by Gasteiger charge is -2.21. The van der Waals surface area contributed by atoms with Crippen LogP contribution in [0.4, 0.5) is 0 Å². The largest absolute Gasteiger partial charge is 0.368 e. The summed E-state index contributed by atoms with van der Waals surface area (Å²) in [7, 11) is 0. The van der Waals surface area contributed by atoms with Crippen LogP contribution in [-0.4, -0.2) is 30.6 Å². The molecular formula is C11H17N3O3. The fourth-order valence-electron chi connectivity index (χ4n) is 1.79. The van der Waals surface area contributed by atoms with Gasteiger partial charge in [0.15, 0.2) is 0 Å². The molecule has 6 nitrogen and oxygen atoms in total. The van der Waals surface area contributed by atoms with E-state index >= 15 is 0 Å². The fraction of sp³-hybridized carbons (Fsp3) is 0.727. The Morgan fingerprint density at radius 3 is 2.82 bits per heavy atom. The van der Waals surface area contributed by atoms with Crippen molar-refractivity contribution in [2.45, 2.75) is 38.3 Å². The van der Waals surface area contributed by atoms with E-state index in [9.17, 15) is 9.59 Å². The van der Waals surface area contributed by atoms with E-state index < -0.39 is 18.1 Å². The molecule has 6 heteroatoms. The number of nitrogens with one attached hydrogen (secondary N) is 1. The first kappa shape index (κ1) is 13.5. The summed E-state index contributed by atoms with van der Waals surface area (Å²) in [6, 6.07) is 1.14. The van der Waals surface area contributed by atoms with Crippen molar-refractivity contribution in [3.8, 4) is 6.07 Å². The third kappa shape index (κ3) is 3.71. The van der Waals surface area contributed by atoms with Gasteiger partial charge in [-0.05, 0) is 18.8 Å². The van der Waals surface area contributed by atoms with Crippen molar-refractivity contribution in [2.75, 3.05) is 6.61 Å². The predicted octanol–water partition coefficient (Wildman–Crippen LogP) is -0.315. The first-order valence-electron chi connectivity index (χ1n) is 5.64. The number of nitrogens with two attached hydrogens (primary N) is 1. The molecule has 1 aliphatic rings. The van der Waals surface area contributed by atoms with Crippen LogP contribution >= 0.6 is 0 Å². The monoisotopic (exact) mass is 239 g/mol. The summed E-state index contributed by atoms with van der Waals surface area (Å²) in [4.78, 5) is 23.0. The first-order chi connectivity index (χ1) is 8.06. The minimum atomic E-state index is -0.814. The Labute approximate surface area is 100 Å². The van der Waals surface area contributed by atoms with E-state index in [1.165, 1.54) is 0 Å². The lowest BCUT2D eigenvalue weighted by molar-refractivity contribution is -0.134.